The van der Waals surface area contributed by atoms with Gasteiger partial charge in [-0.2, -0.15) is 13.2 Å². The van der Waals surface area contributed by atoms with Crippen molar-refractivity contribution in [2.24, 2.45) is 0 Å². The second kappa shape index (κ2) is 11.2. The van der Waals surface area contributed by atoms with E-state index in [0.29, 0.717) is 30.0 Å². The number of carbonyl (C=O) groups is 2. The Morgan fingerprint density at radius 3 is 2.56 bits per heavy atom. The normalized spacial score (nSPS) is 19.2. The Labute approximate surface area is 241 Å². The molecular weight excluding hydrogens is 577 g/mol. The standard InChI is InChI=1S/C27H25F3N6O7/c1-15-10-16(42-24-23-32-11-19(36(23)5-4-31-24)18-12-41-33-22(18)27(28,29)30)2-3-17(15)25(38)34-6-8-35(9-7-34)26(39)43-21-14-40-13-20(21)37/h2-5,10-12,20-21,37H,6-9,13-14H2,1H3/t20-,21-/m1/s1. The average molecular weight is 603 g/mol. The number of aromatic nitrogens is 4. The molecule has 226 valence electrons. The molecule has 13 nitrogen and oxygen atoms in total. The second-order valence-electron chi connectivity index (χ2n) is 10.0. The number of rotatable bonds is 5. The lowest BCUT2D eigenvalue weighted by Crippen LogP contribution is -2.51. The third-order valence-electron chi connectivity index (χ3n) is 7.23. The number of aliphatic hydroxyl groups is 1. The summed E-state index contributed by atoms with van der Waals surface area (Å²) in [5, 5.41) is 12.9. The summed E-state index contributed by atoms with van der Waals surface area (Å²) in [7, 11) is 0. The molecule has 16 heteroatoms. The third-order valence-corrected chi connectivity index (χ3v) is 7.23. The summed E-state index contributed by atoms with van der Waals surface area (Å²) in [6.07, 6.45) is -1.90. The molecule has 6 rings (SSSR count). The van der Waals surface area contributed by atoms with Gasteiger partial charge in [0.25, 0.3) is 11.8 Å². The van der Waals surface area contributed by atoms with E-state index in [1.165, 1.54) is 27.9 Å². The van der Waals surface area contributed by atoms with Crippen LogP contribution < -0.4 is 4.74 Å². The zero-order valence-corrected chi connectivity index (χ0v) is 22.7. The van der Waals surface area contributed by atoms with Gasteiger partial charge in [0.15, 0.2) is 11.8 Å². The largest absolute Gasteiger partial charge is 0.441 e. The number of imidazole rings is 1. The fourth-order valence-corrected chi connectivity index (χ4v) is 4.94. The maximum atomic E-state index is 13.4. The molecule has 0 aliphatic carbocycles. The van der Waals surface area contributed by atoms with Gasteiger partial charge in [0, 0.05) is 44.1 Å². The molecule has 43 heavy (non-hydrogen) atoms. The number of fused-ring (bicyclic) bond motifs is 1. The molecule has 1 aromatic carbocycles. The van der Waals surface area contributed by atoms with Gasteiger partial charge in [-0.1, -0.05) is 5.16 Å². The molecule has 2 atom stereocenters. The van der Waals surface area contributed by atoms with Gasteiger partial charge in [-0.25, -0.2) is 14.8 Å². The number of hydrogen-bond acceptors (Lipinski definition) is 10. The first-order valence-corrected chi connectivity index (χ1v) is 13.2. The highest BCUT2D eigenvalue weighted by molar-refractivity contribution is 5.96. The van der Waals surface area contributed by atoms with Gasteiger partial charge < -0.3 is 33.6 Å². The molecule has 2 aliphatic heterocycles. The lowest BCUT2D eigenvalue weighted by atomic mass is 10.1. The third kappa shape index (κ3) is 5.58. The first-order chi connectivity index (χ1) is 20.6. The van der Waals surface area contributed by atoms with Gasteiger partial charge in [0.1, 0.15) is 18.1 Å². The summed E-state index contributed by atoms with van der Waals surface area (Å²) in [4.78, 5) is 37.2. The van der Waals surface area contributed by atoms with E-state index in [-0.39, 0.29) is 55.0 Å². The van der Waals surface area contributed by atoms with E-state index < -0.39 is 30.2 Å². The zero-order valence-electron chi connectivity index (χ0n) is 22.7. The van der Waals surface area contributed by atoms with Crippen LogP contribution in [-0.4, -0.2) is 98.0 Å². The van der Waals surface area contributed by atoms with Crippen molar-refractivity contribution in [3.05, 3.63) is 59.9 Å². The molecule has 0 radical (unpaired) electrons. The first kappa shape index (κ1) is 28.4. The van der Waals surface area contributed by atoms with E-state index in [9.17, 15) is 27.9 Å². The molecule has 2 saturated heterocycles. The Balaban J connectivity index is 1.12. The van der Waals surface area contributed by atoms with Crippen LogP contribution in [0.1, 0.15) is 21.6 Å². The molecular formula is C27H25F3N6O7. The number of hydrogen-bond donors (Lipinski definition) is 1. The van der Waals surface area contributed by atoms with E-state index in [0.717, 1.165) is 6.26 Å². The van der Waals surface area contributed by atoms with Crippen LogP contribution in [0, 0.1) is 6.92 Å². The highest BCUT2D eigenvalue weighted by atomic mass is 19.4. The molecule has 4 aromatic rings. The average Bonchev–Trinajstić information content (AvgIpc) is 3.73. The summed E-state index contributed by atoms with van der Waals surface area (Å²) >= 11 is 0. The number of amides is 2. The first-order valence-electron chi connectivity index (χ1n) is 13.2. The van der Waals surface area contributed by atoms with Crippen molar-refractivity contribution >= 4 is 17.6 Å². The minimum atomic E-state index is -4.72. The Kier molecular flexibility index (Phi) is 7.39. The van der Waals surface area contributed by atoms with Crippen LogP contribution in [-0.2, 0) is 15.7 Å². The van der Waals surface area contributed by atoms with E-state index in [1.54, 1.807) is 30.0 Å². The van der Waals surface area contributed by atoms with Gasteiger partial charge in [0.2, 0.25) is 5.65 Å². The number of nitrogens with zero attached hydrogens (tertiary/aromatic N) is 6. The van der Waals surface area contributed by atoms with Crippen LogP contribution in [0.4, 0.5) is 18.0 Å². The Morgan fingerprint density at radius 2 is 1.86 bits per heavy atom. The number of halogens is 3. The number of aryl methyl sites for hydroxylation is 1. The molecule has 3 aromatic heterocycles. The zero-order chi connectivity index (χ0) is 30.3. The topological polar surface area (TPSA) is 145 Å². The summed E-state index contributed by atoms with van der Waals surface area (Å²) in [6, 6.07) is 4.84. The summed E-state index contributed by atoms with van der Waals surface area (Å²) in [6.45, 7) is 3.15. The van der Waals surface area contributed by atoms with Gasteiger partial charge in [-0.3, -0.25) is 9.20 Å². The lowest BCUT2D eigenvalue weighted by Gasteiger charge is -2.35. The SMILES string of the molecule is Cc1cc(Oc2nccn3c(-c4conc4C(F)(F)F)cnc23)ccc1C(=O)N1CCN(C(=O)O[C@@H]2COC[C@H]2O)CC1. The summed E-state index contributed by atoms with van der Waals surface area (Å²) < 4.78 is 62.4. The summed E-state index contributed by atoms with van der Waals surface area (Å²) in [5.74, 6) is 0.159. The molecule has 1 N–H and O–H groups in total. The van der Waals surface area contributed by atoms with E-state index in [2.05, 4.69) is 19.6 Å². The van der Waals surface area contributed by atoms with E-state index in [4.69, 9.17) is 14.2 Å². The smallest absolute Gasteiger partial charge is 0.437 e. The Hall–Kier alpha value is -4.70. The van der Waals surface area contributed by atoms with Crippen molar-refractivity contribution in [2.75, 3.05) is 39.4 Å². The molecule has 5 heterocycles. The van der Waals surface area contributed by atoms with Crippen molar-refractivity contribution < 1.29 is 46.6 Å². The molecule has 2 fully saturated rings. The lowest BCUT2D eigenvalue weighted by molar-refractivity contribution is -0.142. The van der Waals surface area contributed by atoms with Crippen LogP contribution in [0.3, 0.4) is 0 Å². The van der Waals surface area contributed by atoms with E-state index in [1.807, 2.05) is 0 Å². The molecule has 2 aliphatic rings. The minimum absolute atomic E-state index is 0.0388. The molecule has 0 spiro atoms. The van der Waals surface area contributed by atoms with Crippen molar-refractivity contribution in [2.45, 2.75) is 25.3 Å². The van der Waals surface area contributed by atoms with Crippen LogP contribution in [0.15, 0.2) is 47.6 Å². The van der Waals surface area contributed by atoms with Crippen LogP contribution in [0.5, 0.6) is 11.6 Å². The van der Waals surface area contributed by atoms with Crippen molar-refractivity contribution in [1.82, 2.24) is 29.3 Å². The Morgan fingerprint density at radius 1 is 1.09 bits per heavy atom. The quantitative estimate of drug-likeness (QED) is 0.362. The maximum absolute atomic E-state index is 13.4. The van der Waals surface area contributed by atoms with Gasteiger partial charge >= 0.3 is 12.3 Å². The highest BCUT2D eigenvalue weighted by Crippen LogP contribution is 2.37. The number of benzene rings is 1. The molecule has 2 amide bonds. The monoisotopic (exact) mass is 602 g/mol. The van der Waals surface area contributed by atoms with Crippen LogP contribution >= 0.6 is 0 Å². The Bertz CT molecular complexity index is 1660. The molecule has 0 saturated carbocycles. The second-order valence-corrected chi connectivity index (χ2v) is 10.0. The van der Waals surface area contributed by atoms with Gasteiger partial charge in [-0.05, 0) is 30.7 Å². The van der Waals surface area contributed by atoms with Crippen molar-refractivity contribution in [3.63, 3.8) is 0 Å². The number of carbonyl (C=O) groups excluding carboxylic acids is 2. The number of alkyl halides is 3. The van der Waals surface area contributed by atoms with Crippen LogP contribution in [0.2, 0.25) is 0 Å². The van der Waals surface area contributed by atoms with Gasteiger partial charge in [-0.15, -0.1) is 0 Å². The predicted octanol–water partition coefficient (Wildman–Crippen LogP) is 3.16. The fourth-order valence-electron chi connectivity index (χ4n) is 4.94. The maximum Gasteiger partial charge on any atom is 0.437 e. The van der Waals surface area contributed by atoms with Crippen LogP contribution in [0.25, 0.3) is 16.9 Å². The summed E-state index contributed by atoms with van der Waals surface area (Å²) in [5.41, 5.74) is -0.145. The van der Waals surface area contributed by atoms with Gasteiger partial charge in [0.05, 0.1) is 30.7 Å². The fraction of sp³-hybridized carbons (Fsp3) is 0.370. The predicted molar refractivity (Wildman–Crippen MR) is 139 cm³/mol. The molecule has 0 unspecified atom stereocenters. The van der Waals surface area contributed by atoms with Crippen molar-refractivity contribution in [3.8, 4) is 22.9 Å². The van der Waals surface area contributed by atoms with E-state index >= 15 is 0 Å². The highest BCUT2D eigenvalue weighted by Gasteiger charge is 2.39. The number of piperazine rings is 1. The number of ether oxygens (including phenoxy) is 3. The number of aliphatic hydroxyl groups excluding tert-OH is 1. The minimum Gasteiger partial charge on any atom is -0.441 e. The van der Waals surface area contributed by atoms with Crippen molar-refractivity contribution in [1.29, 1.82) is 0 Å². The molecule has 0 bridgehead atoms.